The van der Waals surface area contributed by atoms with Crippen molar-refractivity contribution in [2.45, 2.75) is 59.0 Å². The molecule has 0 heterocycles. The zero-order valence-corrected chi connectivity index (χ0v) is 9.14. The van der Waals surface area contributed by atoms with Gasteiger partial charge >= 0.3 is 0 Å². The van der Waals surface area contributed by atoms with Crippen LogP contribution < -0.4 is 0 Å². The first kappa shape index (κ1) is 12.5. The van der Waals surface area contributed by atoms with E-state index in [0.29, 0.717) is 5.92 Å². The maximum atomic E-state index is 9.63. The summed E-state index contributed by atoms with van der Waals surface area (Å²) in [4.78, 5) is 0. The first-order valence-corrected chi connectivity index (χ1v) is 5.42. The van der Waals surface area contributed by atoms with Gasteiger partial charge in [0.05, 0.1) is 0 Å². The van der Waals surface area contributed by atoms with Gasteiger partial charge in [-0.15, -0.1) is 5.92 Å². The minimum Gasteiger partial charge on any atom is -0.380 e. The van der Waals surface area contributed by atoms with Gasteiger partial charge in [0.15, 0.2) is 0 Å². The van der Waals surface area contributed by atoms with Gasteiger partial charge in [-0.2, -0.15) is 0 Å². The lowest BCUT2D eigenvalue weighted by molar-refractivity contribution is 0.155. The van der Waals surface area contributed by atoms with Gasteiger partial charge in [0.1, 0.15) is 6.10 Å². The van der Waals surface area contributed by atoms with E-state index in [0.717, 1.165) is 25.7 Å². The normalized spacial score (nSPS) is 12.4. The minimum atomic E-state index is -0.410. The van der Waals surface area contributed by atoms with Gasteiger partial charge in [-0.05, 0) is 25.2 Å². The van der Waals surface area contributed by atoms with Crippen LogP contribution in [0.5, 0.6) is 0 Å². The summed E-state index contributed by atoms with van der Waals surface area (Å²) in [5.41, 5.74) is 0. The zero-order chi connectivity index (χ0) is 10.1. The monoisotopic (exact) mass is 182 g/mol. The molecule has 0 saturated carbocycles. The first-order valence-electron chi connectivity index (χ1n) is 5.42. The number of hydrogen-bond acceptors (Lipinski definition) is 1. The van der Waals surface area contributed by atoms with Crippen molar-refractivity contribution in [2.75, 3.05) is 0 Å². The van der Waals surface area contributed by atoms with Crippen molar-refractivity contribution in [3.63, 3.8) is 0 Å². The Balaban J connectivity index is 3.79. The van der Waals surface area contributed by atoms with E-state index >= 15 is 0 Å². The summed E-state index contributed by atoms with van der Waals surface area (Å²) < 4.78 is 0. The van der Waals surface area contributed by atoms with Gasteiger partial charge in [-0.1, -0.05) is 33.1 Å². The molecule has 0 saturated heterocycles. The molecule has 0 aliphatic heterocycles. The molecule has 0 aromatic rings. The fraction of sp³-hybridized carbons (Fsp3) is 0.833. The Hall–Kier alpha value is -0.480. The van der Waals surface area contributed by atoms with Crippen molar-refractivity contribution in [1.82, 2.24) is 0 Å². The predicted molar refractivity (Wildman–Crippen MR) is 57.4 cm³/mol. The van der Waals surface area contributed by atoms with E-state index in [2.05, 4.69) is 32.6 Å². The summed E-state index contributed by atoms with van der Waals surface area (Å²) in [6.07, 6.45) is 4.86. The van der Waals surface area contributed by atoms with Crippen molar-refractivity contribution in [2.24, 2.45) is 5.92 Å². The van der Waals surface area contributed by atoms with E-state index in [1.54, 1.807) is 0 Å². The van der Waals surface area contributed by atoms with Crippen LogP contribution in [0.1, 0.15) is 52.9 Å². The Labute approximate surface area is 82.5 Å². The van der Waals surface area contributed by atoms with E-state index in [1.165, 1.54) is 6.42 Å². The Morgan fingerprint density at radius 2 is 1.77 bits per heavy atom. The lowest BCUT2D eigenvalue weighted by Crippen LogP contribution is -2.16. The number of unbranched alkanes of at least 4 members (excludes halogenated alkanes) is 2. The summed E-state index contributed by atoms with van der Waals surface area (Å²) in [7, 11) is 0. The molecule has 0 aromatic carbocycles. The topological polar surface area (TPSA) is 20.2 Å². The largest absolute Gasteiger partial charge is 0.380 e. The van der Waals surface area contributed by atoms with Gasteiger partial charge in [-0.25, -0.2) is 0 Å². The second-order valence-electron chi connectivity index (χ2n) is 3.45. The molecule has 1 N–H and O–H groups in total. The molecule has 0 radical (unpaired) electrons. The van der Waals surface area contributed by atoms with Crippen LogP contribution in [-0.2, 0) is 0 Å². The fourth-order valence-electron chi connectivity index (χ4n) is 1.29. The highest BCUT2D eigenvalue weighted by Crippen LogP contribution is 2.12. The van der Waals surface area contributed by atoms with Crippen LogP contribution in [0, 0.1) is 17.8 Å². The molecular weight excluding hydrogens is 160 g/mol. The van der Waals surface area contributed by atoms with Crippen LogP contribution in [0.25, 0.3) is 0 Å². The highest BCUT2D eigenvalue weighted by atomic mass is 16.3. The summed E-state index contributed by atoms with van der Waals surface area (Å²) >= 11 is 0. The Bertz CT molecular complexity index is 160. The molecule has 0 aliphatic rings. The standard InChI is InChI=1S/C12H22O/c1-4-7-8-9-10-12(13)11(5-2)6-3/h11-13H,4-8H2,1-3H3. The SMILES string of the molecule is CCCCC#CC(O)C(CC)CC. The molecule has 0 aromatic heterocycles. The van der Waals surface area contributed by atoms with Crippen LogP contribution in [-0.4, -0.2) is 11.2 Å². The third kappa shape index (κ3) is 5.71. The number of aliphatic hydroxyl groups excluding tert-OH is 1. The average molecular weight is 182 g/mol. The molecule has 0 spiro atoms. The fourth-order valence-corrected chi connectivity index (χ4v) is 1.29. The second kappa shape index (κ2) is 8.13. The highest BCUT2D eigenvalue weighted by molar-refractivity contribution is 5.05. The Morgan fingerprint density at radius 1 is 1.15 bits per heavy atom. The molecule has 13 heavy (non-hydrogen) atoms. The van der Waals surface area contributed by atoms with E-state index in [4.69, 9.17) is 0 Å². The van der Waals surface area contributed by atoms with Gasteiger partial charge in [0.2, 0.25) is 0 Å². The van der Waals surface area contributed by atoms with Crippen molar-refractivity contribution in [1.29, 1.82) is 0 Å². The van der Waals surface area contributed by atoms with E-state index in [-0.39, 0.29) is 0 Å². The molecule has 1 heteroatoms. The molecule has 0 aliphatic carbocycles. The van der Waals surface area contributed by atoms with E-state index in [9.17, 15) is 5.11 Å². The highest BCUT2D eigenvalue weighted by Gasteiger charge is 2.11. The lowest BCUT2D eigenvalue weighted by atomic mass is 9.97. The van der Waals surface area contributed by atoms with E-state index < -0.39 is 6.10 Å². The number of hydrogen-bond donors (Lipinski definition) is 1. The minimum absolute atomic E-state index is 0.356. The summed E-state index contributed by atoms with van der Waals surface area (Å²) in [6, 6.07) is 0. The van der Waals surface area contributed by atoms with Crippen LogP contribution in [0.2, 0.25) is 0 Å². The maximum absolute atomic E-state index is 9.63. The lowest BCUT2D eigenvalue weighted by Gasteiger charge is -2.13. The predicted octanol–water partition coefficient (Wildman–Crippen LogP) is 2.98. The molecular formula is C12H22O. The smallest absolute Gasteiger partial charge is 0.117 e. The number of rotatable bonds is 5. The molecule has 1 nitrogen and oxygen atoms in total. The summed E-state index contributed by atoms with van der Waals surface area (Å²) in [5.74, 6) is 6.32. The summed E-state index contributed by atoms with van der Waals surface area (Å²) in [5, 5.41) is 9.63. The molecule has 76 valence electrons. The first-order chi connectivity index (χ1) is 6.26. The molecule has 0 rings (SSSR count). The van der Waals surface area contributed by atoms with Crippen LogP contribution in [0.3, 0.4) is 0 Å². The average Bonchev–Trinajstić information content (AvgIpc) is 2.14. The molecule has 0 bridgehead atoms. The zero-order valence-electron chi connectivity index (χ0n) is 9.14. The Morgan fingerprint density at radius 3 is 2.23 bits per heavy atom. The number of aliphatic hydroxyl groups is 1. The molecule has 0 amide bonds. The van der Waals surface area contributed by atoms with E-state index in [1.807, 2.05) is 0 Å². The van der Waals surface area contributed by atoms with Crippen molar-refractivity contribution < 1.29 is 5.11 Å². The molecule has 1 unspecified atom stereocenters. The van der Waals surface area contributed by atoms with Gasteiger partial charge in [0.25, 0.3) is 0 Å². The molecule has 0 fully saturated rings. The second-order valence-corrected chi connectivity index (χ2v) is 3.45. The summed E-state index contributed by atoms with van der Waals surface area (Å²) in [6.45, 7) is 6.36. The third-order valence-electron chi connectivity index (χ3n) is 2.40. The van der Waals surface area contributed by atoms with Gasteiger partial charge in [-0.3, -0.25) is 0 Å². The van der Waals surface area contributed by atoms with Crippen molar-refractivity contribution >= 4 is 0 Å². The van der Waals surface area contributed by atoms with Crippen LogP contribution in [0.15, 0.2) is 0 Å². The third-order valence-corrected chi connectivity index (χ3v) is 2.40. The Kier molecular flexibility index (Phi) is 7.83. The van der Waals surface area contributed by atoms with Crippen LogP contribution in [0.4, 0.5) is 0 Å². The maximum Gasteiger partial charge on any atom is 0.117 e. The van der Waals surface area contributed by atoms with Crippen molar-refractivity contribution in [3.05, 3.63) is 0 Å². The van der Waals surface area contributed by atoms with Gasteiger partial charge in [0, 0.05) is 6.42 Å². The quantitative estimate of drug-likeness (QED) is 0.512. The van der Waals surface area contributed by atoms with Crippen molar-refractivity contribution in [3.8, 4) is 11.8 Å². The molecule has 1 atom stereocenters. The van der Waals surface area contributed by atoms with Gasteiger partial charge < -0.3 is 5.11 Å². The van der Waals surface area contributed by atoms with Crippen LogP contribution >= 0.6 is 0 Å².